The van der Waals surface area contributed by atoms with E-state index < -0.39 is 10.0 Å². The largest absolute Gasteiger partial charge is 0.352 e. The van der Waals surface area contributed by atoms with Crippen molar-refractivity contribution in [2.75, 3.05) is 25.9 Å². The molecule has 0 aliphatic carbocycles. The number of amides is 1. The van der Waals surface area contributed by atoms with Crippen molar-refractivity contribution in [3.05, 3.63) is 42.5 Å². The number of benzene rings is 1. The van der Waals surface area contributed by atoms with E-state index in [1.807, 2.05) is 6.07 Å². The standard InChI is InChI=1S/C16H21N5O3S/c1-25(23,24)21-7-3-4-13(10-21)9-17-16(22)14-5-2-6-15(8-14)20-11-18-19-12-20/h2,5-6,8,11-13H,3-4,7,9-10H2,1H3,(H,17,22)/t13-/m0/s1. The van der Waals surface area contributed by atoms with E-state index in [1.54, 1.807) is 35.4 Å². The number of piperidine rings is 1. The Morgan fingerprint density at radius 2 is 2.08 bits per heavy atom. The van der Waals surface area contributed by atoms with Gasteiger partial charge in [0, 0.05) is 30.9 Å². The number of nitrogens with one attached hydrogen (secondary N) is 1. The maximum Gasteiger partial charge on any atom is 0.251 e. The first-order valence-electron chi connectivity index (χ1n) is 8.12. The van der Waals surface area contributed by atoms with E-state index in [4.69, 9.17) is 0 Å². The molecule has 0 radical (unpaired) electrons. The lowest BCUT2D eigenvalue weighted by atomic mass is 9.99. The Balaban J connectivity index is 1.60. The van der Waals surface area contributed by atoms with E-state index in [-0.39, 0.29) is 11.8 Å². The number of hydrogen-bond acceptors (Lipinski definition) is 5. The highest BCUT2D eigenvalue weighted by atomic mass is 32.2. The number of nitrogens with zero attached hydrogens (tertiary/aromatic N) is 4. The highest BCUT2D eigenvalue weighted by Gasteiger charge is 2.26. The lowest BCUT2D eigenvalue weighted by Crippen LogP contribution is -2.43. The molecule has 8 nitrogen and oxygen atoms in total. The van der Waals surface area contributed by atoms with Crippen molar-refractivity contribution in [3.8, 4) is 5.69 Å². The van der Waals surface area contributed by atoms with E-state index in [1.165, 1.54) is 10.6 Å². The Morgan fingerprint density at radius 1 is 1.32 bits per heavy atom. The third-order valence-corrected chi connectivity index (χ3v) is 5.60. The van der Waals surface area contributed by atoms with E-state index in [0.717, 1.165) is 18.5 Å². The van der Waals surface area contributed by atoms with Crippen LogP contribution in [-0.2, 0) is 10.0 Å². The number of aromatic nitrogens is 3. The summed E-state index contributed by atoms with van der Waals surface area (Å²) in [4.78, 5) is 12.4. The Kier molecular flexibility index (Phi) is 5.14. The molecule has 1 amide bonds. The Morgan fingerprint density at radius 3 is 2.80 bits per heavy atom. The number of rotatable bonds is 5. The molecular weight excluding hydrogens is 342 g/mol. The van der Waals surface area contributed by atoms with Gasteiger partial charge < -0.3 is 5.32 Å². The van der Waals surface area contributed by atoms with E-state index >= 15 is 0 Å². The predicted molar refractivity (Wildman–Crippen MR) is 92.8 cm³/mol. The Bertz CT molecular complexity index is 835. The molecule has 0 unspecified atom stereocenters. The minimum absolute atomic E-state index is 0.133. The Hall–Kier alpha value is -2.26. The molecule has 134 valence electrons. The summed E-state index contributed by atoms with van der Waals surface area (Å²) in [6.07, 6.45) is 6.09. The maximum atomic E-state index is 12.4. The summed E-state index contributed by atoms with van der Waals surface area (Å²) >= 11 is 0. The van der Waals surface area contributed by atoms with Crippen molar-refractivity contribution in [2.24, 2.45) is 5.92 Å². The van der Waals surface area contributed by atoms with Gasteiger partial charge in [-0.25, -0.2) is 12.7 Å². The van der Waals surface area contributed by atoms with Gasteiger partial charge in [-0.3, -0.25) is 9.36 Å². The monoisotopic (exact) mass is 363 g/mol. The average molecular weight is 363 g/mol. The summed E-state index contributed by atoms with van der Waals surface area (Å²) < 4.78 is 26.5. The van der Waals surface area contributed by atoms with Gasteiger partial charge in [0.1, 0.15) is 12.7 Å². The highest BCUT2D eigenvalue weighted by molar-refractivity contribution is 7.88. The third-order valence-electron chi connectivity index (χ3n) is 4.33. The first kappa shape index (κ1) is 17.6. The lowest BCUT2D eigenvalue weighted by Gasteiger charge is -2.30. The van der Waals surface area contributed by atoms with Crippen molar-refractivity contribution in [1.82, 2.24) is 24.4 Å². The maximum absolute atomic E-state index is 12.4. The summed E-state index contributed by atoms with van der Waals surface area (Å²) in [6, 6.07) is 7.18. The average Bonchev–Trinajstić information content (AvgIpc) is 3.14. The van der Waals surface area contributed by atoms with Gasteiger partial charge in [-0.2, -0.15) is 0 Å². The van der Waals surface area contributed by atoms with Gasteiger partial charge in [0.05, 0.1) is 6.26 Å². The first-order chi connectivity index (χ1) is 11.9. The molecular formula is C16H21N5O3S. The van der Waals surface area contributed by atoms with Gasteiger partial charge in [-0.1, -0.05) is 6.07 Å². The topological polar surface area (TPSA) is 97.2 Å². The molecule has 2 aromatic rings. The smallest absolute Gasteiger partial charge is 0.251 e. The van der Waals surface area contributed by atoms with Crippen molar-refractivity contribution in [1.29, 1.82) is 0 Å². The molecule has 1 aliphatic rings. The molecule has 1 aliphatic heterocycles. The molecule has 0 bridgehead atoms. The van der Waals surface area contributed by atoms with Gasteiger partial charge in [0.25, 0.3) is 5.91 Å². The number of carbonyl (C=O) groups excluding carboxylic acids is 1. The molecule has 3 rings (SSSR count). The van der Waals surface area contributed by atoms with Crippen LogP contribution in [0.3, 0.4) is 0 Å². The molecule has 1 fully saturated rings. The molecule has 25 heavy (non-hydrogen) atoms. The second-order valence-corrected chi connectivity index (χ2v) is 8.24. The Labute approximate surface area is 146 Å². The minimum Gasteiger partial charge on any atom is -0.352 e. The number of carbonyl (C=O) groups is 1. The van der Waals surface area contributed by atoms with E-state index in [9.17, 15) is 13.2 Å². The van der Waals surface area contributed by atoms with Crippen molar-refractivity contribution in [3.63, 3.8) is 0 Å². The zero-order valence-electron chi connectivity index (χ0n) is 14.0. The summed E-state index contributed by atoms with van der Waals surface area (Å²) in [5.74, 6) is -0.0418. The molecule has 2 heterocycles. The molecule has 1 saturated heterocycles. The third kappa shape index (κ3) is 4.43. The minimum atomic E-state index is -3.17. The molecule has 9 heteroatoms. The molecule has 0 spiro atoms. The predicted octanol–water partition coefficient (Wildman–Crippen LogP) is 0.669. The van der Waals surface area contributed by atoms with Gasteiger partial charge in [-0.15, -0.1) is 10.2 Å². The van der Waals surface area contributed by atoms with Crippen LogP contribution in [0.25, 0.3) is 5.69 Å². The van der Waals surface area contributed by atoms with Gasteiger partial charge in [0.15, 0.2) is 0 Å². The molecule has 1 aromatic heterocycles. The summed E-state index contributed by atoms with van der Waals surface area (Å²) in [6.45, 7) is 1.48. The number of sulfonamides is 1. The van der Waals surface area contributed by atoms with Crippen LogP contribution in [0.4, 0.5) is 0 Å². The first-order valence-corrected chi connectivity index (χ1v) is 9.97. The zero-order valence-corrected chi connectivity index (χ0v) is 14.8. The normalized spacial score (nSPS) is 18.8. The van der Waals surface area contributed by atoms with Crippen molar-refractivity contribution in [2.45, 2.75) is 12.8 Å². The van der Waals surface area contributed by atoms with Crippen LogP contribution in [0.5, 0.6) is 0 Å². The fourth-order valence-electron chi connectivity index (χ4n) is 2.98. The molecule has 1 atom stereocenters. The van der Waals surface area contributed by atoms with Crippen LogP contribution < -0.4 is 5.32 Å². The zero-order chi connectivity index (χ0) is 17.9. The summed E-state index contributed by atoms with van der Waals surface area (Å²) in [5.41, 5.74) is 1.35. The van der Waals surface area contributed by atoms with Crippen LogP contribution in [0.15, 0.2) is 36.9 Å². The van der Waals surface area contributed by atoms with Crippen LogP contribution in [0.2, 0.25) is 0 Å². The summed E-state index contributed by atoms with van der Waals surface area (Å²) in [5, 5.41) is 10.4. The van der Waals surface area contributed by atoms with Gasteiger partial charge in [-0.05, 0) is 37.0 Å². The van der Waals surface area contributed by atoms with Crippen LogP contribution in [0, 0.1) is 5.92 Å². The fraction of sp³-hybridized carbons (Fsp3) is 0.438. The molecule has 0 saturated carbocycles. The van der Waals surface area contributed by atoms with Gasteiger partial charge in [0.2, 0.25) is 10.0 Å². The quantitative estimate of drug-likeness (QED) is 0.842. The van der Waals surface area contributed by atoms with Crippen molar-refractivity contribution >= 4 is 15.9 Å². The second-order valence-electron chi connectivity index (χ2n) is 6.26. The number of hydrogen-bond donors (Lipinski definition) is 1. The van der Waals surface area contributed by atoms with Crippen LogP contribution in [0.1, 0.15) is 23.2 Å². The summed E-state index contributed by atoms with van der Waals surface area (Å²) in [7, 11) is -3.17. The second kappa shape index (κ2) is 7.32. The highest BCUT2D eigenvalue weighted by Crippen LogP contribution is 2.18. The van der Waals surface area contributed by atoms with Crippen LogP contribution in [-0.4, -0.2) is 59.3 Å². The molecule has 1 aromatic carbocycles. The molecule has 1 N–H and O–H groups in total. The van der Waals surface area contributed by atoms with E-state index in [2.05, 4.69) is 15.5 Å². The van der Waals surface area contributed by atoms with Crippen molar-refractivity contribution < 1.29 is 13.2 Å². The van der Waals surface area contributed by atoms with E-state index in [0.29, 0.717) is 25.2 Å². The SMILES string of the molecule is CS(=O)(=O)N1CCC[C@@H](CNC(=O)c2cccc(-n3cnnc3)c2)C1. The van der Waals surface area contributed by atoms with Gasteiger partial charge >= 0.3 is 0 Å². The van der Waals surface area contributed by atoms with Crippen LogP contribution >= 0.6 is 0 Å². The fourth-order valence-corrected chi connectivity index (χ4v) is 3.92. The lowest BCUT2D eigenvalue weighted by molar-refractivity contribution is 0.0941.